The second-order valence-electron chi connectivity index (χ2n) is 9.96. The van der Waals surface area contributed by atoms with Crippen molar-refractivity contribution in [1.82, 2.24) is 19.7 Å². The lowest BCUT2D eigenvalue weighted by Gasteiger charge is -2.26. The maximum atomic E-state index is 13.1. The van der Waals surface area contributed by atoms with E-state index in [1.54, 1.807) is 6.92 Å². The number of aromatic amines is 1. The number of aromatic nitrogens is 4. The molecular formula is C28H24Cl2N4O6S. The maximum absolute atomic E-state index is 13.1. The highest BCUT2D eigenvalue weighted by Crippen LogP contribution is 2.46. The van der Waals surface area contributed by atoms with Gasteiger partial charge >= 0.3 is 17.6 Å². The van der Waals surface area contributed by atoms with Gasteiger partial charge in [-0.2, -0.15) is 9.78 Å². The molecule has 0 radical (unpaired) electrons. The lowest BCUT2D eigenvalue weighted by molar-refractivity contribution is -0.161. The summed E-state index contributed by atoms with van der Waals surface area (Å²) in [7, 11) is 0. The van der Waals surface area contributed by atoms with Crippen molar-refractivity contribution in [2.75, 3.05) is 6.61 Å². The van der Waals surface area contributed by atoms with Gasteiger partial charge in [-0.1, -0.05) is 53.5 Å². The van der Waals surface area contributed by atoms with Gasteiger partial charge in [0.05, 0.1) is 23.9 Å². The molecule has 2 aromatic carbocycles. The van der Waals surface area contributed by atoms with E-state index in [1.165, 1.54) is 23.5 Å². The number of carbonyl (C=O) groups excluding carboxylic acids is 2. The summed E-state index contributed by atoms with van der Waals surface area (Å²) in [5.41, 5.74) is 0.0123. The first kappa shape index (κ1) is 28.7. The SMILES string of the molecule is CC(C(=O)OC1CCOC1=O)c1sc(C(C)(C)c2c(Cl)cc(-n3ncc(=O)[nH]c3=O)cc2Cl)nc1-c1ccccc1. The molecule has 3 heterocycles. The van der Waals surface area contributed by atoms with Gasteiger partial charge in [0.1, 0.15) is 11.2 Å². The predicted molar refractivity (Wildman–Crippen MR) is 154 cm³/mol. The Morgan fingerprint density at radius 1 is 1.17 bits per heavy atom. The van der Waals surface area contributed by atoms with Gasteiger partial charge < -0.3 is 9.47 Å². The zero-order valence-electron chi connectivity index (χ0n) is 22.1. The Kier molecular flexibility index (Phi) is 7.87. The number of thiazole rings is 1. The summed E-state index contributed by atoms with van der Waals surface area (Å²) >= 11 is 14.8. The highest BCUT2D eigenvalue weighted by atomic mass is 35.5. The number of carbonyl (C=O) groups is 2. The number of hydrogen-bond donors (Lipinski definition) is 1. The van der Waals surface area contributed by atoms with Gasteiger partial charge in [-0.25, -0.2) is 14.6 Å². The Morgan fingerprint density at radius 3 is 2.46 bits per heavy atom. The lowest BCUT2D eigenvalue weighted by atomic mass is 9.85. The van der Waals surface area contributed by atoms with E-state index in [0.29, 0.717) is 27.6 Å². The molecule has 1 aliphatic rings. The molecule has 1 N–H and O–H groups in total. The minimum atomic E-state index is -0.922. The fourth-order valence-electron chi connectivity index (χ4n) is 4.55. The van der Waals surface area contributed by atoms with Crippen molar-refractivity contribution < 1.29 is 19.1 Å². The Morgan fingerprint density at radius 2 is 1.85 bits per heavy atom. The minimum absolute atomic E-state index is 0.215. The standard InChI is InChI=1S/C28H24Cl2N4O6S/c1-14(24(36)40-19-9-10-39-25(19)37)23-22(15-7-5-4-6-8-15)33-26(41-23)28(2,3)21-17(29)11-16(12-18(21)30)34-27(38)32-20(35)13-31-34/h4-8,11-14,19H,9-10H2,1-3H3,(H,32,35,38). The van der Waals surface area contributed by atoms with Crippen molar-refractivity contribution >= 4 is 46.5 Å². The van der Waals surface area contributed by atoms with Crippen LogP contribution in [0.5, 0.6) is 0 Å². The van der Waals surface area contributed by atoms with Crippen LogP contribution in [0.1, 0.15) is 48.6 Å². The molecule has 212 valence electrons. The summed E-state index contributed by atoms with van der Waals surface area (Å²) in [5, 5.41) is 5.00. The summed E-state index contributed by atoms with van der Waals surface area (Å²) in [6.07, 6.45) is 0.373. The topological polar surface area (TPSA) is 133 Å². The Hall–Kier alpha value is -3.80. The molecule has 2 atom stereocenters. The van der Waals surface area contributed by atoms with Crippen LogP contribution in [0.25, 0.3) is 16.9 Å². The molecule has 2 unspecified atom stereocenters. The highest BCUT2D eigenvalue weighted by Gasteiger charge is 2.37. The molecule has 10 nitrogen and oxygen atoms in total. The van der Waals surface area contributed by atoms with Crippen LogP contribution in [0.2, 0.25) is 10.0 Å². The first-order valence-corrected chi connectivity index (χ1v) is 14.2. The third-order valence-corrected chi connectivity index (χ3v) is 8.90. The molecule has 0 amide bonds. The molecule has 0 bridgehead atoms. The number of benzene rings is 2. The molecule has 1 fully saturated rings. The Bertz CT molecular complexity index is 1740. The fourth-order valence-corrected chi connectivity index (χ4v) is 6.74. The van der Waals surface area contributed by atoms with E-state index in [0.717, 1.165) is 16.4 Å². The number of esters is 2. The number of ether oxygens (including phenoxy) is 2. The monoisotopic (exact) mass is 614 g/mol. The number of cyclic esters (lactones) is 1. The number of rotatable bonds is 7. The normalized spacial score (nSPS) is 15.9. The summed E-state index contributed by atoms with van der Waals surface area (Å²) in [6, 6.07) is 12.5. The second-order valence-corrected chi connectivity index (χ2v) is 11.8. The largest absolute Gasteiger partial charge is 0.463 e. The van der Waals surface area contributed by atoms with Gasteiger partial charge in [-0.15, -0.1) is 11.3 Å². The van der Waals surface area contributed by atoms with Crippen molar-refractivity contribution in [1.29, 1.82) is 0 Å². The second kappa shape index (κ2) is 11.2. The van der Waals surface area contributed by atoms with E-state index in [4.69, 9.17) is 37.7 Å². The van der Waals surface area contributed by atoms with Crippen LogP contribution in [0.15, 0.2) is 58.3 Å². The van der Waals surface area contributed by atoms with Crippen LogP contribution in [-0.4, -0.2) is 44.4 Å². The highest BCUT2D eigenvalue weighted by molar-refractivity contribution is 7.12. The first-order chi connectivity index (χ1) is 19.5. The fraction of sp³-hybridized carbons (Fsp3) is 0.286. The maximum Gasteiger partial charge on any atom is 0.349 e. The van der Waals surface area contributed by atoms with E-state index in [9.17, 15) is 19.2 Å². The van der Waals surface area contributed by atoms with E-state index in [2.05, 4.69) is 10.1 Å². The van der Waals surface area contributed by atoms with Gasteiger partial charge in [-0.3, -0.25) is 14.6 Å². The molecule has 0 saturated carbocycles. The van der Waals surface area contributed by atoms with Gasteiger partial charge in [0.25, 0.3) is 5.56 Å². The predicted octanol–water partition coefficient (Wildman–Crippen LogP) is 4.64. The van der Waals surface area contributed by atoms with Crippen LogP contribution < -0.4 is 11.2 Å². The van der Waals surface area contributed by atoms with E-state index in [-0.39, 0.29) is 22.3 Å². The molecule has 1 aliphatic heterocycles. The van der Waals surface area contributed by atoms with Crippen LogP contribution >= 0.6 is 34.5 Å². The van der Waals surface area contributed by atoms with Crippen molar-refractivity contribution in [3.8, 4) is 16.9 Å². The number of hydrogen-bond acceptors (Lipinski definition) is 9. The van der Waals surface area contributed by atoms with Gasteiger partial charge in [0.2, 0.25) is 6.10 Å². The van der Waals surface area contributed by atoms with Crippen molar-refractivity contribution in [3.05, 3.63) is 95.0 Å². The van der Waals surface area contributed by atoms with Crippen LogP contribution in [0, 0.1) is 0 Å². The Balaban J connectivity index is 1.56. The molecule has 41 heavy (non-hydrogen) atoms. The van der Waals surface area contributed by atoms with E-state index in [1.807, 2.05) is 44.2 Å². The summed E-state index contributed by atoms with van der Waals surface area (Å²) in [4.78, 5) is 56.5. The third-order valence-electron chi connectivity index (χ3n) is 6.74. The number of halogens is 2. The number of nitrogens with one attached hydrogen (secondary N) is 1. The number of H-pyrrole nitrogens is 1. The summed E-state index contributed by atoms with van der Waals surface area (Å²) < 4.78 is 11.4. The van der Waals surface area contributed by atoms with E-state index >= 15 is 0 Å². The van der Waals surface area contributed by atoms with Gasteiger partial charge in [0.15, 0.2) is 0 Å². The lowest BCUT2D eigenvalue weighted by Crippen LogP contribution is -2.30. The summed E-state index contributed by atoms with van der Waals surface area (Å²) in [5.74, 6) is -1.84. The molecule has 4 aromatic rings. The molecule has 1 saturated heterocycles. The Labute approximate surface area is 247 Å². The smallest absolute Gasteiger partial charge is 0.349 e. The van der Waals surface area contributed by atoms with Crippen LogP contribution in [0.3, 0.4) is 0 Å². The van der Waals surface area contributed by atoms with Gasteiger partial charge in [-0.05, 0) is 32.9 Å². The molecule has 0 aliphatic carbocycles. The number of nitrogens with zero attached hydrogens (tertiary/aromatic N) is 3. The average molecular weight is 615 g/mol. The van der Waals surface area contributed by atoms with E-state index < -0.39 is 40.6 Å². The molecule has 2 aromatic heterocycles. The minimum Gasteiger partial charge on any atom is -0.463 e. The molecule has 0 spiro atoms. The van der Waals surface area contributed by atoms with Crippen LogP contribution in [-0.2, 0) is 24.5 Å². The van der Waals surface area contributed by atoms with Crippen molar-refractivity contribution in [2.45, 2.75) is 44.6 Å². The average Bonchev–Trinajstić information content (AvgIpc) is 3.55. The first-order valence-electron chi connectivity index (χ1n) is 12.6. The molecular weight excluding hydrogens is 591 g/mol. The molecule has 13 heteroatoms. The molecule has 5 rings (SSSR count). The van der Waals surface area contributed by atoms with Crippen molar-refractivity contribution in [3.63, 3.8) is 0 Å². The third kappa shape index (κ3) is 5.57. The zero-order chi connectivity index (χ0) is 29.5. The van der Waals surface area contributed by atoms with Crippen LogP contribution in [0.4, 0.5) is 0 Å². The van der Waals surface area contributed by atoms with Crippen molar-refractivity contribution in [2.24, 2.45) is 0 Å². The quantitative estimate of drug-likeness (QED) is 0.298. The van der Waals surface area contributed by atoms with Gasteiger partial charge in [0, 0.05) is 37.9 Å². The zero-order valence-corrected chi connectivity index (χ0v) is 24.5. The summed E-state index contributed by atoms with van der Waals surface area (Å²) in [6.45, 7) is 5.73.